The Labute approximate surface area is 223 Å². The number of hydrogen-bond acceptors (Lipinski definition) is 7. The van der Waals surface area contributed by atoms with E-state index in [-0.39, 0.29) is 11.5 Å². The van der Waals surface area contributed by atoms with Crippen LogP contribution in [0, 0.1) is 11.7 Å². The number of pyridine rings is 1. The molecule has 0 bridgehead atoms. The molecule has 1 aromatic carbocycles. The van der Waals surface area contributed by atoms with Gasteiger partial charge in [-0.15, -0.1) is 0 Å². The van der Waals surface area contributed by atoms with E-state index in [4.69, 9.17) is 5.73 Å². The number of rotatable bonds is 6. The van der Waals surface area contributed by atoms with Gasteiger partial charge in [0.25, 0.3) is 5.91 Å². The third-order valence-corrected chi connectivity index (χ3v) is 7.71. The van der Waals surface area contributed by atoms with Crippen molar-refractivity contribution in [3.05, 3.63) is 59.9 Å². The number of nitrogens with two attached hydrogens (primary N) is 1. The molecular weight excluding hydrogens is 481 g/mol. The number of hydrogen-bond donors (Lipinski definition) is 1. The maximum atomic E-state index is 15.4. The highest BCUT2D eigenvalue weighted by Gasteiger charge is 2.27. The molecule has 2 fully saturated rings. The summed E-state index contributed by atoms with van der Waals surface area (Å²) in [6.07, 6.45) is 6.37. The number of carbonyl (C=O) groups excluding carboxylic acids is 1. The number of carbonyl (C=O) groups is 1. The number of aryl methyl sites for hydroxylation is 1. The van der Waals surface area contributed by atoms with E-state index < -0.39 is 5.82 Å². The third-order valence-electron chi connectivity index (χ3n) is 7.71. The molecule has 2 aliphatic heterocycles. The second kappa shape index (κ2) is 11.5. The maximum Gasteiger partial charge on any atom is 0.256 e. The summed E-state index contributed by atoms with van der Waals surface area (Å²) in [6, 6.07) is 8.34. The van der Waals surface area contributed by atoms with Gasteiger partial charge in [-0.25, -0.2) is 19.3 Å². The Morgan fingerprint density at radius 3 is 2.53 bits per heavy atom. The lowest BCUT2D eigenvalue weighted by molar-refractivity contribution is 0.0584. The first-order valence-electron chi connectivity index (χ1n) is 13.5. The molecule has 0 radical (unpaired) electrons. The number of piperazine rings is 1. The first-order valence-corrected chi connectivity index (χ1v) is 13.5. The van der Waals surface area contributed by atoms with E-state index in [0.29, 0.717) is 42.5 Å². The molecule has 2 N–H and O–H groups in total. The van der Waals surface area contributed by atoms with E-state index >= 15 is 4.39 Å². The molecule has 38 heavy (non-hydrogen) atoms. The summed E-state index contributed by atoms with van der Waals surface area (Å²) in [5.74, 6) is 0.302. The first-order chi connectivity index (χ1) is 18.4. The zero-order chi connectivity index (χ0) is 26.6. The van der Waals surface area contributed by atoms with Crippen LogP contribution in [-0.2, 0) is 6.42 Å². The highest BCUT2D eigenvalue weighted by atomic mass is 19.1. The molecule has 9 heteroatoms. The van der Waals surface area contributed by atoms with Crippen molar-refractivity contribution in [3.63, 3.8) is 0 Å². The van der Waals surface area contributed by atoms with E-state index in [1.165, 1.54) is 31.8 Å². The Morgan fingerprint density at radius 2 is 1.84 bits per heavy atom. The fraction of sp³-hybridized carbons (Fsp3) is 0.448. The second-order valence-corrected chi connectivity index (χ2v) is 10.4. The smallest absolute Gasteiger partial charge is 0.256 e. The van der Waals surface area contributed by atoms with Crippen LogP contribution in [-0.4, -0.2) is 88.4 Å². The average Bonchev–Trinajstić information content (AvgIpc) is 2.93. The minimum Gasteiger partial charge on any atom is -0.384 e. The van der Waals surface area contributed by atoms with E-state index in [9.17, 15) is 4.79 Å². The van der Waals surface area contributed by atoms with Gasteiger partial charge < -0.3 is 15.5 Å². The maximum absolute atomic E-state index is 15.4. The predicted octanol–water partition coefficient (Wildman–Crippen LogP) is 3.59. The Balaban J connectivity index is 1.31. The molecule has 5 rings (SSSR count). The lowest BCUT2D eigenvalue weighted by Crippen LogP contribution is -2.51. The van der Waals surface area contributed by atoms with Crippen molar-refractivity contribution in [2.45, 2.75) is 26.2 Å². The van der Waals surface area contributed by atoms with Crippen LogP contribution in [0.3, 0.4) is 0 Å². The summed E-state index contributed by atoms with van der Waals surface area (Å²) in [5.41, 5.74) is 9.49. The topological polar surface area (TPSA) is 91.5 Å². The number of nitrogens with zero attached hydrogens (tertiary/aromatic N) is 6. The minimum atomic E-state index is -0.543. The number of anilines is 1. The summed E-state index contributed by atoms with van der Waals surface area (Å²) < 4.78 is 15.4. The van der Waals surface area contributed by atoms with Crippen LogP contribution < -0.4 is 5.73 Å². The van der Waals surface area contributed by atoms with Gasteiger partial charge in [-0.2, -0.15) is 0 Å². The molecule has 0 aliphatic carbocycles. The van der Waals surface area contributed by atoms with Crippen LogP contribution in [0.5, 0.6) is 0 Å². The van der Waals surface area contributed by atoms with Crippen LogP contribution >= 0.6 is 0 Å². The molecule has 1 amide bonds. The van der Waals surface area contributed by atoms with Crippen molar-refractivity contribution in [3.8, 4) is 22.4 Å². The van der Waals surface area contributed by atoms with Crippen molar-refractivity contribution < 1.29 is 9.18 Å². The highest BCUT2D eigenvalue weighted by molar-refractivity contribution is 5.95. The van der Waals surface area contributed by atoms with E-state index in [2.05, 4.69) is 31.8 Å². The first kappa shape index (κ1) is 26.2. The number of nitrogen functional groups attached to an aromatic ring is 1. The van der Waals surface area contributed by atoms with Crippen molar-refractivity contribution in [2.75, 3.05) is 58.6 Å². The summed E-state index contributed by atoms with van der Waals surface area (Å²) in [4.78, 5) is 33.0. The number of halogens is 1. The van der Waals surface area contributed by atoms with Gasteiger partial charge in [-0.1, -0.05) is 13.0 Å². The van der Waals surface area contributed by atoms with Gasteiger partial charge >= 0.3 is 0 Å². The molecule has 0 saturated carbocycles. The van der Waals surface area contributed by atoms with Gasteiger partial charge in [0, 0.05) is 62.2 Å². The highest BCUT2D eigenvalue weighted by Crippen LogP contribution is 2.33. The average molecular weight is 518 g/mol. The van der Waals surface area contributed by atoms with Crippen molar-refractivity contribution in [2.24, 2.45) is 5.92 Å². The van der Waals surface area contributed by atoms with Crippen LogP contribution in [0.15, 0.2) is 42.9 Å². The van der Waals surface area contributed by atoms with Crippen LogP contribution in [0.25, 0.3) is 22.4 Å². The molecule has 3 aromatic rings. The zero-order valence-corrected chi connectivity index (χ0v) is 22.2. The monoisotopic (exact) mass is 517 g/mol. The predicted molar refractivity (Wildman–Crippen MR) is 147 cm³/mol. The molecule has 1 unspecified atom stereocenters. The normalized spacial score (nSPS) is 19.0. The minimum absolute atomic E-state index is 0.0941. The second-order valence-electron chi connectivity index (χ2n) is 10.4. The number of likely N-dealkylation sites (tertiary alicyclic amines) is 1. The van der Waals surface area contributed by atoms with Crippen LogP contribution in [0.4, 0.5) is 10.2 Å². The molecule has 0 spiro atoms. The summed E-state index contributed by atoms with van der Waals surface area (Å²) in [6.45, 7) is 8.28. The number of amides is 1. The number of aromatic nitrogens is 3. The van der Waals surface area contributed by atoms with Gasteiger partial charge in [0.1, 0.15) is 18.0 Å². The van der Waals surface area contributed by atoms with Crippen molar-refractivity contribution in [1.29, 1.82) is 0 Å². The zero-order valence-electron chi connectivity index (χ0n) is 22.2. The van der Waals surface area contributed by atoms with Crippen LogP contribution in [0.1, 0.15) is 35.8 Å². The molecule has 2 saturated heterocycles. The van der Waals surface area contributed by atoms with Crippen LogP contribution in [0.2, 0.25) is 0 Å². The van der Waals surface area contributed by atoms with Gasteiger partial charge in [0.05, 0.1) is 17.0 Å². The van der Waals surface area contributed by atoms with Crippen molar-refractivity contribution in [1.82, 2.24) is 29.7 Å². The fourth-order valence-corrected chi connectivity index (χ4v) is 5.69. The Hall–Kier alpha value is -3.43. The van der Waals surface area contributed by atoms with Gasteiger partial charge in [0.15, 0.2) is 0 Å². The molecule has 200 valence electrons. The summed E-state index contributed by atoms with van der Waals surface area (Å²) in [7, 11) is 2.19. The van der Waals surface area contributed by atoms with Gasteiger partial charge in [0.2, 0.25) is 0 Å². The lowest BCUT2D eigenvalue weighted by atomic mass is 9.96. The molecule has 2 aliphatic rings. The fourth-order valence-electron chi connectivity index (χ4n) is 5.69. The van der Waals surface area contributed by atoms with Gasteiger partial charge in [-0.05, 0) is 63.0 Å². The van der Waals surface area contributed by atoms with Gasteiger partial charge in [-0.3, -0.25) is 9.69 Å². The molecular formula is C29H36FN7O. The van der Waals surface area contributed by atoms with E-state index in [1.54, 1.807) is 29.3 Å². The van der Waals surface area contributed by atoms with Crippen molar-refractivity contribution >= 4 is 11.7 Å². The van der Waals surface area contributed by atoms with E-state index in [0.717, 1.165) is 43.0 Å². The Morgan fingerprint density at radius 1 is 1.05 bits per heavy atom. The van der Waals surface area contributed by atoms with E-state index in [1.807, 2.05) is 13.0 Å². The quantitative estimate of drug-likeness (QED) is 0.534. The number of benzene rings is 1. The molecule has 1 atom stereocenters. The number of piperidine rings is 1. The lowest BCUT2D eigenvalue weighted by Gasteiger charge is -2.38. The Bertz CT molecular complexity index is 1270. The standard InChI is InChI=1S/C29H36FN7O/c1-3-25-27(22-7-9-26(31)32-16-22)28(34-19-33-25)21-6-8-23(24(30)15-21)29(38)37-13-11-36(12-14-37)18-20-5-4-10-35(2)17-20/h6-9,15-16,19-20H,3-5,10-14,17-18H2,1-2H3,(H2,31,32). The summed E-state index contributed by atoms with van der Waals surface area (Å²) >= 11 is 0. The summed E-state index contributed by atoms with van der Waals surface area (Å²) in [5, 5.41) is 0. The largest absolute Gasteiger partial charge is 0.384 e. The molecule has 4 heterocycles. The molecule has 8 nitrogen and oxygen atoms in total. The SMILES string of the molecule is CCc1ncnc(-c2ccc(C(=O)N3CCN(CC4CCCN(C)C4)CC3)c(F)c2)c1-c1ccc(N)nc1. The third kappa shape index (κ3) is 5.68. The Kier molecular flexibility index (Phi) is 7.95. The molecule has 2 aromatic heterocycles.